The van der Waals surface area contributed by atoms with Gasteiger partial charge in [0.25, 0.3) is 0 Å². The fourth-order valence-electron chi connectivity index (χ4n) is 1.83. The highest BCUT2D eigenvalue weighted by Crippen LogP contribution is 2.33. The number of esters is 1. The van der Waals surface area contributed by atoms with Crippen LogP contribution in [0.3, 0.4) is 0 Å². The van der Waals surface area contributed by atoms with Crippen molar-refractivity contribution in [2.24, 2.45) is 5.92 Å². The molecule has 0 radical (unpaired) electrons. The quantitative estimate of drug-likeness (QED) is 0.310. The monoisotopic (exact) mass is 164 g/mol. The summed E-state index contributed by atoms with van der Waals surface area (Å²) in [6.45, 7) is 3.75. The molecule has 2 atom stereocenters. The van der Waals surface area contributed by atoms with Gasteiger partial charge in [0.1, 0.15) is 6.10 Å². The predicted molar refractivity (Wildman–Crippen MR) is 45.5 cm³/mol. The molecule has 2 rings (SSSR count). The van der Waals surface area contributed by atoms with Crippen LogP contribution in [0.1, 0.15) is 19.3 Å². The molecule has 1 aliphatic carbocycles. The molecule has 1 saturated heterocycles. The second-order valence-corrected chi connectivity index (χ2v) is 3.36. The smallest absolute Gasteiger partial charge is 0.334 e. The molecule has 2 aliphatic rings. The lowest BCUT2D eigenvalue weighted by Gasteiger charge is -2.10. The Kier molecular flexibility index (Phi) is 1.75. The zero-order valence-corrected chi connectivity index (χ0v) is 6.95. The molecular formula is C10H12O2. The largest absolute Gasteiger partial charge is 0.454 e. The molecule has 1 heterocycles. The van der Waals surface area contributed by atoms with E-state index in [2.05, 4.69) is 12.7 Å². The van der Waals surface area contributed by atoms with Gasteiger partial charge in [0.15, 0.2) is 0 Å². The lowest BCUT2D eigenvalue weighted by molar-refractivity contribution is -0.137. The number of ether oxygens (including phenoxy) is 1. The van der Waals surface area contributed by atoms with Crippen molar-refractivity contribution in [1.82, 2.24) is 0 Å². The minimum absolute atomic E-state index is 0.0208. The Morgan fingerprint density at radius 1 is 1.58 bits per heavy atom. The summed E-state index contributed by atoms with van der Waals surface area (Å²) >= 11 is 0. The second-order valence-electron chi connectivity index (χ2n) is 3.36. The SMILES string of the molecule is C=C1C(=O)O[C@H]2C=CCCC[C@H]12. The molecule has 2 nitrogen and oxygen atoms in total. The summed E-state index contributed by atoms with van der Waals surface area (Å²) < 4.78 is 5.13. The van der Waals surface area contributed by atoms with Crippen LogP contribution in [-0.4, -0.2) is 12.1 Å². The summed E-state index contributed by atoms with van der Waals surface area (Å²) in [7, 11) is 0. The molecule has 0 spiro atoms. The molecule has 1 aliphatic heterocycles. The van der Waals surface area contributed by atoms with Gasteiger partial charge < -0.3 is 4.74 Å². The van der Waals surface area contributed by atoms with Gasteiger partial charge in [-0.2, -0.15) is 0 Å². The molecule has 0 unspecified atom stereocenters. The molecular weight excluding hydrogens is 152 g/mol. The van der Waals surface area contributed by atoms with Crippen LogP contribution in [0.5, 0.6) is 0 Å². The van der Waals surface area contributed by atoms with Crippen molar-refractivity contribution < 1.29 is 9.53 Å². The third kappa shape index (κ3) is 1.07. The van der Waals surface area contributed by atoms with E-state index in [4.69, 9.17) is 4.74 Å². The Morgan fingerprint density at radius 2 is 2.42 bits per heavy atom. The molecule has 0 saturated carbocycles. The fourth-order valence-corrected chi connectivity index (χ4v) is 1.83. The highest BCUT2D eigenvalue weighted by Gasteiger charge is 2.36. The minimum atomic E-state index is -0.212. The number of allylic oxidation sites excluding steroid dienone is 1. The van der Waals surface area contributed by atoms with Crippen LogP contribution < -0.4 is 0 Å². The van der Waals surface area contributed by atoms with Gasteiger partial charge in [-0.1, -0.05) is 12.7 Å². The van der Waals surface area contributed by atoms with E-state index in [1.165, 1.54) is 0 Å². The van der Waals surface area contributed by atoms with Crippen LogP contribution in [0, 0.1) is 5.92 Å². The van der Waals surface area contributed by atoms with Crippen LogP contribution in [0.4, 0.5) is 0 Å². The lowest BCUT2D eigenvalue weighted by atomic mass is 9.93. The number of carbonyl (C=O) groups is 1. The molecule has 12 heavy (non-hydrogen) atoms. The number of fused-ring (bicyclic) bond motifs is 1. The van der Waals surface area contributed by atoms with Crippen LogP contribution in [0.25, 0.3) is 0 Å². The van der Waals surface area contributed by atoms with Gasteiger partial charge in [0, 0.05) is 11.5 Å². The number of rotatable bonds is 0. The van der Waals surface area contributed by atoms with Crippen molar-refractivity contribution in [3.05, 3.63) is 24.3 Å². The maximum absolute atomic E-state index is 11.1. The Hall–Kier alpha value is -1.05. The highest BCUT2D eigenvalue weighted by atomic mass is 16.5. The van der Waals surface area contributed by atoms with Gasteiger partial charge >= 0.3 is 5.97 Å². The lowest BCUT2D eigenvalue weighted by Crippen LogP contribution is -2.11. The van der Waals surface area contributed by atoms with E-state index < -0.39 is 0 Å². The van der Waals surface area contributed by atoms with E-state index in [1.807, 2.05) is 6.08 Å². The Balaban J connectivity index is 2.23. The molecule has 0 bridgehead atoms. The number of hydrogen-bond donors (Lipinski definition) is 0. The molecule has 0 aromatic heterocycles. The van der Waals surface area contributed by atoms with Crippen LogP contribution >= 0.6 is 0 Å². The zero-order valence-electron chi connectivity index (χ0n) is 6.95. The summed E-state index contributed by atoms with van der Waals surface area (Å²) in [6.07, 6.45) is 7.32. The maximum atomic E-state index is 11.1. The first-order chi connectivity index (χ1) is 5.79. The average Bonchev–Trinajstić information content (AvgIpc) is 2.30. The number of hydrogen-bond acceptors (Lipinski definition) is 2. The van der Waals surface area contributed by atoms with Gasteiger partial charge in [-0.3, -0.25) is 0 Å². The molecule has 0 aromatic rings. The molecule has 0 aromatic carbocycles. The maximum Gasteiger partial charge on any atom is 0.334 e. The fraction of sp³-hybridized carbons (Fsp3) is 0.500. The summed E-state index contributed by atoms with van der Waals surface area (Å²) in [5.74, 6) is 0.0350. The zero-order chi connectivity index (χ0) is 8.55. The average molecular weight is 164 g/mol. The Bertz CT molecular complexity index is 253. The molecule has 2 heteroatoms. The summed E-state index contributed by atoms with van der Waals surface area (Å²) in [4.78, 5) is 11.1. The summed E-state index contributed by atoms with van der Waals surface area (Å²) in [5.41, 5.74) is 0.659. The molecule has 0 amide bonds. The first-order valence-corrected chi connectivity index (χ1v) is 4.35. The van der Waals surface area contributed by atoms with Crippen LogP contribution in [0.15, 0.2) is 24.3 Å². The second kappa shape index (κ2) is 2.77. The highest BCUT2D eigenvalue weighted by molar-refractivity contribution is 5.91. The van der Waals surface area contributed by atoms with E-state index in [9.17, 15) is 4.79 Å². The van der Waals surface area contributed by atoms with E-state index in [0.717, 1.165) is 19.3 Å². The van der Waals surface area contributed by atoms with Crippen molar-refractivity contribution in [3.63, 3.8) is 0 Å². The Labute approximate surface area is 71.9 Å². The Morgan fingerprint density at radius 3 is 3.25 bits per heavy atom. The predicted octanol–water partition coefficient (Wildman–Crippen LogP) is 1.82. The van der Waals surface area contributed by atoms with Gasteiger partial charge in [0.05, 0.1) is 0 Å². The first kappa shape index (κ1) is 7.59. The van der Waals surface area contributed by atoms with Crippen molar-refractivity contribution in [1.29, 1.82) is 0 Å². The van der Waals surface area contributed by atoms with Gasteiger partial charge in [0.2, 0.25) is 0 Å². The molecule has 1 fully saturated rings. The van der Waals surface area contributed by atoms with Gasteiger partial charge in [-0.05, 0) is 25.3 Å². The third-order valence-electron chi connectivity index (χ3n) is 2.56. The third-order valence-corrected chi connectivity index (χ3v) is 2.56. The van der Waals surface area contributed by atoms with Gasteiger partial charge in [-0.25, -0.2) is 4.79 Å². The standard InChI is InChI=1S/C10H12O2/c1-7-8-5-3-2-4-6-9(8)12-10(7)11/h4,6,8-9H,1-3,5H2/t8-,9+/m1/s1. The summed E-state index contributed by atoms with van der Waals surface area (Å²) in [5, 5.41) is 0. The topological polar surface area (TPSA) is 26.3 Å². The first-order valence-electron chi connectivity index (χ1n) is 4.35. The van der Waals surface area contributed by atoms with E-state index in [0.29, 0.717) is 5.57 Å². The van der Waals surface area contributed by atoms with E-state index in [1.54, 1.807) is 0 Å². The van der Waals surface area contributed by atoms with Crippen molar-refractivity contribution in [2.45, 2.75) is 25.4 Å². The minimum Gasteiger partial charge on any atom is -0.454 e. The van der Waals surface area contributed by atoms with Crippen LogP contribution in [-0.2, 0) is 9.53 Å². The van der Waals surface area contributed by atoms with Crippen molar-refractivity contribution in [3.8, 4) is 0 Å². The number of carbonyl (C=O) groups excluding carboxylic acids is 1. The van der Waals surface area contributed by atoms with E-state index in [-0.39, 0.29) is 18.0 Å². The van der Waals surface area contributed by atoms with Gasteiger partial charge in [-0.15, -0.1) is 0 Å². The van der Waals surface area contributed by atoms with Crippen molar-refractivity contribution >= 4 is 5.97 Å². The molecule has 0 N–H and O–H groups in total. The molecule has 64 valence electrons. The van der Waals surface area contributed by atoms with Crippen LogP contribution in [0.2, 0.25) is 0 Å². The van der Waals surface area contributed by atoms with Crippen molar-refractivity contribution in [2.75, 3.05) is 0 Å². The normalized spacial score (nSPS) is 34.3. The summed E-state index contributed by atoms with van der Waals surface area (Å²) in [6, 6.07) is 0. The van der Waals surface area contributed by atoms with E-state index >= 15 is 0 Å².